The topological polar surface area (TPSA) is 88.3 Å². The maximum atomic E-state index is 13.5. The number of fused-ring (bicyclic) bond motifs is 1. The van der Waals surface area contributed by atoms with Crippen molar-refractivity contribution < 1.29 is 14.1 Å². The van der Waals surface area contributed by atoms with Crippen LogP contribution >= 0.6 is 11.3 Å². The van der Waals surface area contributed by atoms with Crippen molar-refractivity contribution in [1.29, 1.82) is 0 Å². The van der Waals surface area contributed by atoms with Crippen molar-refractivity contribution in [3.8, 4) is 10.6 Å². The largest absolute Gasteiger partial charge is 0.353 e. The molecule has 4 rings (SSSR count). The molecule has 1 saturated heterocycles. The van der Waals surface area contributed by atoms with Crippen molar-refractivity contribution in [3.63, 3.8) is 0 Å². The minimum Gasteiger partial charge on any atom is -0.353 e. The zero-order chi connectivity index (χ0) is 23.0. The molecule has 3 aromatic rings. The highest BCUT2D eigenvalue weighted by molar-refractivity contribution is 7.15. The van der Waals surface area contributed by atoms with Gasteiger partial charge in [0.05, 0.1) is 27.2 Å². The SMILES string of the molecule is Cc1ccc(-c2cc(C(=O)N3CCC(C(=O)NC(C)C(C)C)CC3)c3c(C)noc3n2)s1. The Balaban J connectivity index is 1.54. The fourth-order valence-corrected chi connectivity index (χ4v) is 4.81. The van der Waals surface area contributed by atoms with E-state index in [0.29, 0.717) is 59.9 Å². The van der Waals surface area contributed by atoms with Gasteiger partial charge < -0.3 is 14.7 Å². The quantitative estimate of drug-likeness (QED) is 0.610. The lowest BCUT2D eigenvalue weighted by Gasteiger charge is -2.32. The minimum atomic E-state index is -0.0624. The van der Waals surface area contributed by atoms with Gasteiger partial charge in [-0.3, -0.25) is 9.59 Å². The van der Waals surface area contributed by atoms with Crippen molar-refractivity contribution in [3.05, 3.63) is 34.3 Å². The number of pyridine rings is 1. The van der Waals surface area contributed by atoms with Crippen LogP contribution in [0.15, 0.2) is 22.7 Å². The van der Waals surface area contributed by atoms with Gasteiger partial charge in [-0.1, -0.05) is 19.0 Å². The van der Waals surface area contributed by atoms with E-state index < -0.39 is 0 Å². The summed E-state index contributed by atoms with van der Waals surface area (Å²) in [5.74, 6) is 0.366. The third-order valence-corrected chi connectivity index (χ3v) is 7.39. The fraction of sp³-hybridized carbons (Fsp3) is 0.500. The smallest absolute Gasteiger partial charge is 0.259 e. The van der Waals surface area contributed by atoms with Gasteiger partial charge in [0.2, 0.25) is 5.91 Å². The summed E-state index contributed by atoms with van der Waals surface area (Å²) in [4.78, 5) is 34.7. The van der Waals surface area contributed by atoms with E-state index in [9.17, 15) is 9.59 Å². The predicted molar refractivity (Wildman–Crippen MR) is 126 cm³/mol. The highest BCUT2D eigenvalue weighted by Crippen LogP contribution is 2.32. The van der Waals surface area contributed by atoms with Gasteiger partial charge >= 0.3 is 0 Å². The first-order valence-electron chi connectivity index (χ1n) is 11.2. The Morgan fingerprint density at radius 2 is 1.91 bits per heavy atom. The lowest BCUT2D eigenvalue weighted by Crippen LogP contribution is -2.45. The zero-order valence-corrected chi connectivity index (χ0v) is 20.1. The van der Waals surface area contributed by atoms with Gasteiger partial charge in [0.15, 0.2) is 0 Å². The number of carbonyl (C=O) groups excluding carboxylic acids is 2. The first kappa shape index (κ1) is 22.5. The molecule has 0 saturated carbocycles. The summed E-state index contributed by atoms with van der Waals surface area (Å²) in [6.45, 7) is 11.2. The van der Waals surface area contributed by atoms with Crippen molar-refractivity contribution >= 4 is 34.3 Å². The number of aromatic nitrogens is 2. The molecule has 2 amide bonds. The molecule has 4 heterocycles. The molecule has 1 fully saturated rings. The lowest BCUT2D eigenvalue weighted by molar-refractivity contribution is -0.127. The summed E-state index contributed by atoms with van der Waals surface area (Å²) in [5, 5.41) is 7.82. The minimum absolute atomic E-state index is 0.0558. The summed E-state index contributed by atoms with van der Waals surface area (Å²) in [6.07, 6.45) is 1.33. The van der Waals surface area contributed by atoms with Crippen molar-refractivity contribution in [2.45, 2.75) is 53.5 Å². The number of aryl methyl sites for hydroxylation is 2. The Morgan fingerprint density at radius 3 is 2.53 bits per heavy atom. The van der Waals surface area contributed by atoms with Gasteiger partial charge in [0.25, 0.3) is 11.6 Å². The van der Waals surface area contributed by atoms with Crippen molar-refractivity contribution in [2.24, 2.45) is 11.8 Å². The molecule has 32 heavy (non-hydrogen) atoms. The molecule has 8 heteroatoms. The second-order valence-corrected chi connectivity index (χ2v) is 10.3. The van der Waals surface area contributed by atoms with Gasteiger partial charge in [-0.05, 0) is 57.7 Å². The highest BCUT2D eigenvalue weighted by atomic mass is 32.1. The molecule has 1 atom stereocenters. The molecule has 0 spiro atoms. The number of piperidine rings is 1. The molecule has 3 aromatic heterocycles. The number of nitrogens with one attached hydrogen (secondary N) is 1. The number of thiophene rings is 1. The summed E-state index contributed by atoms with van der Waals surface area (Å²) in [6, 6.07) is 6.04. The fourth-order valence-electron chi connectivity index (χ4n) is 3.99. The number of nitrogens with zero attached hydrogens (tertiary/aromatic N) is 3. The average Bonchev–Trinajstić information content (AvgIpc) is 3.38. The predicted octanol–water partition coefficient (Wildman–Crippen LogP) is 4.58. The molecular weight excluding hydrogens is 424 g/mol. The Hall–Kier alpha value is -2.74. The van der Waals surface area contributed by atoms with Crippen LogP contribution in [0.1, 0.15) is 54.5 Å². The van der Waals surface area contributed by atoms with Crippen molar-refractivity contribution in [2.75, 3.05) is 13.1 Å². The van der Waals surface area contributed by atoms with Crippen LogP contribution in [-0.4, -0.2) is 46.0 Å². The Kier molecular flexibility index (Phi) is 6.33. The van der Waals surface area contributed by atoms with Gasteiger partial charge in [0.1, 0.15) is 0 Å². The summed E-state index contributed by atoms with van der Waals surface area (Å²) in [7, 11) is 0. The molecule has 170 valence electrons. The first-order valence-corrected chi connectivity index (χ1v) is 12.0. The molecule has 7 nitrogen and oxygen atoms in total. The van der Waals surface area contributed by atoms with Crippen LogP contribution in [0.3, 0.4) is 0 Å². The van der Waals surface area contributed by atoms with Gasteiger partial charge in [0, 0.05) is 29.9 Å². The van der Waals surface area contributed by atoms with Gasteiger partial charge in [-0.15, -0.1) is 11.3 Å². The molecule has 0 aromatic carbocycles. The molecule has 0 radical (unpaired) electrons. The highest BCUT2D eigenvalue weighted by Gasteiger charge is 2.30. The van der Waals surface area contributed by atoms with E-state index in [-0.39, 0.29) is 23.8 Å². The van der Waals surface area contributed by atoms with E-state index in [1.165, 1.54) is 4.88 Å². The number of hydrogen-bond acceptors (Lipinski definition) is 6. The Morgan fingerprint density at radius 1 is 1.19 bits per heavy atom. The first-order chi connectivity index (χ1) is 15.2. The maximum absolute atomic E-state index is 13.5. The van der Waals surface area contributed by atoms with E-state index in [2.05, 4.69) is 29.3 Å². The van der Waals surface area contributed by atoms with E-state index in [0.717, 1.165) is 4.88 Å². The average molecular weight is 455 g/mol. The number of carbonyl (C=O) groups is 2. The van der Waals surface area contributed by atoms with Crippen LogP contribution in [0.4, 0.5) is 0 Å². The Labute approximate surface area is 192 Å². The van der Waals surface area contributed by atoms with Crippen LogP contribution in [-0.2, 0) is 4.79 Å². The molecule has 0 aliphatic carbocycles. The van der Waals surface area contributed by atoms with Crippen LogP contribution in [0.25, 0.3) is 21.7 Å². The lowest BCUT2D eigenvalue weighted by atomic mass is 9.94. The summed E-state index contributed by atoms with van der Waals surface area (Å²) < 4.78 is 5.42. The molecule has 1 N–H and O–H groups in total. The van der Waals surface area contributed by atoms with E-state index in [1.54, 1.807) is 11.3 Å². The van der Waals surface area contributed by atoms with Gasteiger partial charge in [-0.2, -0.15) is 0 Å². The summed E-state index contributed by atoms with van der Waals surface area (Å²) in [5.41, 5.74) is 2.31. The third kappa shape index (κ3) is 4.41. The molecule has 1 unspecified atom stereocenters. The third-order valence-electron chi connectivity index (χ3n) is 6.36. The maximum Gasteiger partial charge on any atom is 0.259 e. The summed E-state index contributed by atoms with van der Waals surface area (Å²) >= 11 is 1.63. The number of hydrogen-bond donors (Lipinski definition) is 1. The molecule has 1 aliphatic rings. The molecule has 0 bridgehead atoms. The number of rotatable bonds is 5. The normalized spacial score (nSPS) is 16.0. The molecular formula is C24H30N4O3S. The van der Waals surface area contributed by atoms with Crippen LogP contribution in [0, 0.1) is 25.7 Å². The van der Waals surface area contributed by atoms with E-state index in [1.807, 2.05) is 43.9 Å². The monoisotopic (exact) mass is 454 g/mol. The second kappa shape index (κ2) is 9.02. The van der Waals surface area contributed by atoms with E-state index in [4.69, 9.17) is 4.52 Å². The van der Waals surface area contributed by atoms with Crippen LogP contribution in [0.2, 0.25) is 0 Å². The zero-order valence-electron chi connectivity index (χ0n) is 19.3. The number of likely N-dealkylation sites (tertiary alicyclic amines) is 1. The van der Waals surface area contributed by atoms with Gasteiger partial charge in [-0.25, -0.2) is 4.98 Å². The second-order valence-electron chi connectivity index (χ2n) is 9.02. The molecule has 1 aliphatic heterocycles. The van der Waals surface area contributed by atoms with E-state index >= 15 is 0 Å². The van der Waals surface area contributed by atoms with Crippen LogP contribution < -0.4 is 5.32 Å². The van der Waals surface area contributed by atoms with Crippen molar-refractivity contribution in [1.82, 2.24) is 20.4 Å². The Bertz CT molecular complexity index is 1140. The number of amides is 2. The van der Waals surface area contributed by atoms with Crippen LogP contribution in [0.5, 0.6) is 0 Å². The standard InChI is InChI=1S/C24H30N4O3S/c1-13(2)15(4)25-22(29)17-8-10-28(11-9-17)24(30)18-12-19(20-7-6-14(3)32-20)26-23-21(18)16(5)27-31-23/h6-7,12-13,15,17H,8-11H2,1-5H3,(H,25,29).